The van der Waals surface area contributed by atoms with E-state index in [1.54, 1.807) is 30.4 Å². The minimum Gasteiger partial charge on any atom is -0.488 e. The summed E-state index contributed by atoms with van der Waals surface area (Å²) >= 11 is 1.74. The van der Waals surface area contributed by atoms with Crippen molar-refractivity contribution in [2.24, 2.45) is 0 Å². The van der Waals surface area contributed by atoms with Crippen LogP contribution in [0.4, 0.5) is 0 Å². The lowest BCUT2D eigenvalue weighted by molar-refractivity contribution is 0.310. The van der Waals surface area contributed by atoms with E-state index in [9.17, 15) is 0 Å². The second kappa shape index (κ2) is 5.92. The number of thioether (sulfide) groups is 1. The Morgan fingerprint density at radius 1 is 1.05 bits per heavy atom. The van der Waals surface area contributed by atoms with Gasteiger partial charge in [-0.3, -0.25) is 9.97 Å². The van der Waals surface area contributed by atoms with Crippen LogP contribution in [-0.4, -0.2) is 16.2 Å². The molecular formula is C16H14N2OS. The van der Waals surface area contributed by atoms with Gasteiger partial charge >= 0.3 is 0 Å². The second-order valence-electron chi connectivity index (χ2n) is 4.34. The van der Waals surface area contributed by atoms with Crippen LogP contribution in [0.1, 0.15) is 5.56 Å². The van der Waals surface area contributed by atoms with E-state index in [1.165, 1.54) is 4.90 Å². The van der Waals surface area contributed by atoms with E-state index < -0.39 is 0 Å². The molecule has 100 valence electrons. The Labute approximate surface area is 122 Å². The molecule has 0 unspecified atom stereocenters. The van der Waals surface area contributed by atoms with Crippen LogP contribution in [0.2, 0.25) is 0 Å². The highest BCUT2D eigenvalue weighted by Gasteiger charge is 2.03. The van der Waals surface area contributed by atoms with Crippen molar-refractivity contribution in [2.45, 2.75) is 11.5 Å². The van der Waals surface area contributed by atoms with Crippen molar-refractivity contribution in [3.63, 3.8) is 0 Å². The van der Waals surface area contributed by atoms with E-state index >= 15 is 0 Å². The molecule has 20 heavy (non-hydrogen) atoms. The predicted octanol–water partition coefficient (Wildman–Crippen LogP) is 3.93. The van der Waals surface area contributed by atoms with E-state index in [1.807, 2.05) is 12.1 Å². The van der Waals surface area contributed by atoms with Crippen LogP contribution < -0.4 is 4.74 Å². The van der Waals surface area contributed by atoms with Crippen molar-refractivity contribution in [3.8, 4) is 5.75 Å². The molecule has 0 bridgehead atoms. The van der Waals surface area contributed by atoms with Crippen molar-refractivity contribution in [3.05, 3.63) is 60.6 Å². The van der Waals surface area contributed by atoms with Gasteiger partial charge < -0.3 is 4.74 Å². The van der Waals surface area contributed by atoms with Gasteiger partial charge in [0.05, 0.1) is 11.7 Å². The van der Waals surface area contributed by atoms with E-state index in [4.69, 9.17) is 4.74 Å². The summed E-state index contributed by atoms with van der Waals surface area (Å²) in [5.41, 5.74) is 2.00. The van der Waals surface area contributed by atoms with Crippen LogP contribution in [0.3, 0.4) is 0 Å². The zero-order chi connectivity index (χ0) is 13.8. The quantitative estimate of drug-likeness (QED) is 0.679. The van der Waals surface area contributed by atoms with Crippen LogP contribution >= 0.6 is 11.8 Å². The summed E-state index contributed by atoms with van der Waals surface area (Å²) in [6, 6.07) is 12.2. The number of fused-ring (bicyclic) bond motifs is 1. The zero-order valence-electron chi connectivity index (χ0n) is 11.1. The first-order valence-corrected chi connectivity index (χ1v) is 7.54. The SMILES string of the molecule is CSc1ccc(COc2ccnc3cnccc23)cc1. The minimum absolute atomic E-state index is 0.552. The largest absolute Gasteiger partial charge is 0.488 e. The minimum atomic E-state index is 0.552. The summed E-state index contributed by atoms with van der Waals surface area (Å²) in [7, 11) is 0. The van der Waals surface area contributed by atoms with Gasteiger partial charge in [-0.25, -0.2) is 0 Å². The molecule has 3 aromatic rings. The molecule has 0 aliphatic heterocycles. The number of rotatable bonds is 4. The average molecular weight is 282 g/mol. The van der Waals surface area contributed by atoms with E-state index in [-0.39, 0.29) is 0 Å². The van der Waals surface area contributed by atoms with Gasteiger partial charge in [0.25, 0.3) is 0 Å². The van der Waals surface area contributed by atoms with Crippen LogP contribution in [0.15, 0.2) is 59.9 Å². The highest BCUT2D eigenvalue weighted by atomic mass is 32.2. The van der Waals surface area contributed by atoms with Crippen molar-refractivity contribution in [2.75, 3.05) is 6.26 Å². The van der Waals surface area contributed by atoms with Crippen LogP contribution in [0.25, 0.3) is 10.9 Å². The van der Waals surface area contributed by atoms with E-state index in [0.29, 0.717) is 6.61 Å². The van der Waals surface area contributed by atoms with Crippen LogP contribution in [-0.2, 0) is 6.61 Å². The fourth-order valence-corrected chi connectivity index (χ4v) is 2.39. The molecule has 0 amide bonds. The Bertz CT molecular complexity index is 708. The maximum absolute atomic E-state index is 5.90. The smallest absolute Gasteiger partial charge is 0.130 e. The van der Waals surface area contributed by atoms with Gasteiger partial charge in [-0.2, -0.15) is 0 Å². The number of hydrogen-bond donors (Lipinski definition) is 0. The van der Waals surface area contributed by atoms with Gasteiger partial charge in [-0.1, -0.05) is 12.1 Å². The Hall–Kier alpha value is -2.07. The third-order valence-electron chi connectivity index (χ3n) is 3.06. The fraction of sp³-hybridized carbons (Fsp3) is 0.125. The number of benzene rings is 1. The van der Waals surface area contributed by atoms with E-state index in [2.05, 4.69) is 40.5 Å². The molecule has 0 saturated heterocycles. The molecule has 1 aromatic carbocycles. The predicted molar refractivity (Wildman–Crippen MR) is 82.1 cm³/mol. The van der Waals surface area contributed by atoms with Crippen molar-refractivity contribution >= 4 is 22.7 Å². The van der Waals surface area contributed by atoms with E-state index in [0.717, 1.165) is 22.2 Å². The lowest BCUT2D eigenvalue weighted by Gasteiger charge is -2.09. The standard InChI is InChI=1S/C16H14N2OS/c1-20-13-4-2-12(3-5-13)11-19-16-7-9-18-15-10-17-8-6-14(15)16/h2-10H,11H2,1H3. The molecule has 2 heterocycles. The maximum atomic E-state index is 5.90. The number of nitrogens with zero attached hydrogens (tertiary/aromatic N) is 2. The molecule has 3 rings (SSSR count). The molecule has 3 nitrogen and oxygen atoms in total. The Kier molecular flexibility index (Phi) is 3.83. The first-order valence-electron chi connectivity index (χ1n) is 6.31. The van der Waals surface area contributed by atoms with Crippen molar-refractivity contribution < 1.29 is 4.74 Å². The summed E-state index contributed by atoms with van der Waals surface area (Å²) < 4.78 is 5.90. The highest BCUT2D eigenvalue weighted by molar-refractivity contribution is 7.98. The molecule has 0 aliphatic carbocycles. The molecule has 0 atom stereocenters. The number of aromatic nitrogens is 2. The first-order chi connectivity index (χ1) is 9.86. The summed E-state index contributed by atoms with van der Waals surface area (Å²) in [5.74, 6) is 0.839. The summed E-state index contributed by atoms with van der Waals surface area (Å²) in [4.78, 5) is 9.60. The number of ether oxygens (including phenoxy) is 1. The lowest BCUT2D eigenvalue weighted by atomic mass is 10.2. The normalized spacial score (nSPS) is 10.7. The van der Waals surface area contributed by atoms with Crippen LogP contribution in [0, 0.1) is 0 Å². The van der Waals surface area contributed by atoms with Gasteiger partial charge in [-0.15, -0.1) is 11.8 Å². The first kappa shape index (κ1) is 12.9. The fourth-order valence-electron chi connectivity index (χ4n) is 1.98. The molecule has 0 fully saturated rings. The molecule has 2 aromatic heterocycles. The molecule has 0 saturated carbocycles. The highest BCUT2D eigenvalue weighted by Crippen LogP contribution is 2.24. The lowest BCUT2D eigenvalue weighted by Crippen LogP contribution is -1.96. The Morgan fingerprint density at radius 3 is 2.70 bits per heavy atom. The number of pyridine rings is 2. The summed E-state index contributed by atoms with van der Waals surface area (Å²) in [6.45, 7) is 0.552. The van der Waals surface area contributed by atoms with Gasteiger partial charge in [0.15, 0.2) is 0 Å². The van der Waals surface area contributed by atoms with Crippen LogP contribution in [0.5, 0.6) is 5.75 Å². The average Bonchev–Trinajstić information content (AvgIpc) is 2.53. The molecule has 0 N–H and O–H groups in total. The molecule has 0 radical (unpaired) electrons. The summed E-state index contributed by atoms with van der Waals surface area (Å²) in [5, 5.41) is 0.989. The third-order valence-corrected chi connectivity index (χ3v) is 3.80. The molecular weight excluding hydrogens is 268 g/mol. The Balaban J connectivity index is 1.79. The third kappa shape index (κ3) is 2.75. The zero-order valence-corrected chi connectivity index (χ0v) is 11.9. The summed E-state index contributed by atoms with van der Waals surface area (Å²) in [6.07, 6.45) is 7.32. The van der Waals surface area contributed by atoms with Gasteiger partial charge in [0.2, 0.25) is 0 Å². The molecule has 4 heteroatoms. The topological polar surface area (TPSA) is 35.0 Å². The van der Waals surface area contributed by atoms with Gasteiger partial charge in [-0.05, 0) is 36.1 Å². The maximum Gasteiger partial charge on any atom is 0.130 e. The van der Waals surface area contributed by atoms with Gasteiger partial charge in [0.1, 0.15) is 12.4 Å². The number of hydrogen-bond acceptors (Lipinski definition) is 4. The molecule has 0 aliphatic rings. The Morgan fingerprint density at radius 2 is 1.90 bits per heavy atom. The molecule has 0 spiro atoms. The van der Waals surface area contributed by atoms with Gasteiger partial charge in [0, 0.05) is 22.7 Å². The van der Waals surface area contributed by atoms with Crippen molar-refractivity contribution in [1.29, 1.82) is 0 Å². The monoisotopic (exact) mass is 282 g/mol. The second-order valence-corrected chi connectivity index (χ2v) is 5.22. The van der Waals surface area contributed by atoms with Crippen molar-refractivity contribution in [1.82, 2.24) is 9.97 Å².